The topological polar surface area (TPSA) is 130 Å². The number of nitrogens with one attached hydrogen (secondary N) is 1. The fraction of sp³-hybridized carbons (Fsp3) is 0.182. The van der Waals surface area contributed by atoms with Crippen LogP contribution >= 0.6 is 15.9 Å². The summed E-state index contributed by atoms with van der Waals surface area (Å²) < 4.78 is 0.491. The quantitative estimate of drug-likeness (QED) is 0.587. The number of aliphatic carboxylic acids is 2. The van der Waals surface area contributed by atoms with Gasteiger partial charge in [-0.25, -0.2) is 4.79 Å². The zero-order valence-corrected chi connectivity index (χ0v) is 11.2. The first-order chi connectivity index (χ1) is 8.82. The molecule has 1 atom stereocenters. The number of amides is 1. The Balaban J connectivity index is 2.91. The number of carboxylic acid groups (broad SMARTS) is 2. The van der Waals surface area contributed by atoms with E-state index in [2.05, 4.69) is 21.2 Å². The van der Waals surface area contributed by atoms with Gasteiger partial charge >= 0.3 is 11.9 Å². The molecular formula is C11H11BrN2O5. The van der Waals surface area contributed by atoms with Crippen LogP contribution in [0.15, 0.2) is 22.7 Å². The SMILES string of the molecule is Nc1c(Br)cccc1C(=O)NC(CC(=O)O)C(=O)O. The molecule has 0 bridgehead atoms. The lowest BCUT2D eigenvalue weighted by Crippen LogP contribution is -2.42. The number of nitrogens with two attached hydrogens (primary N) is 1. The van der Waals surface area contributed by atoms with Gasteiger partial charge in [-0.15, -0.1) is 0 Å². The van der Waals surface area contributed by atoms with Crippen molar-refractivity contribution in [3.8, 4) is 0 Å². The molecule has 1 aromatic rings. The molecule has 0 aliphatic rings. The third-order valence-electron chi connectivity index (χ3n) is 2.28. The predicted molar refractivity (Wildman–Crippen MR) is 69.7 cm³/mol. The van der Waals surface area contributed by atoms with Gasteiger partial charge < -0.3 is 21.3 Å². The van der Waals surface area contributed by atoms with Gasteiger partial charge in [0.1, 0.15) is 6.04 Å². The van der Waals surface area contributed by atoms with Crippen molar-refractivity contribution in [2.45, 2.75) is 12.5 Å². The van der Waals surface area contributed by atoms with Crippen molar-refractivity contribution in [1.82, 2.24) is 5.32 Å². The molecule has 0 aromatic heterocycles. The Kier molecular flexibility index (Phi) is 4.87. The minimum atomic E-state index is -1.51. The summed E-state index contributed by atoms with van der Waals surface area (Å²) in [7, 11) is 0. The van der Waals surface area contributed by atoms with Crippen molar-refractivity contribution < 1.29 is 24.6 Å². The molecule has 0 spiro atoms. The van der Waals surface area contributed by atoms with E-state index in [1.165, 1.54) is 6.07 Å². The van der Waals surface area contributed by atoms with Crippen LogP contribution in [0, 0.1) is 0 Å². The van der Waals surface area contributed by atoms with Gasteiger partial charge in [-0.2, -0.15) is 0 Å². The number of rotatable bonds is 5. The Hall–Kier alpha value is -2.09. The highest BCUT2D eigenvalue weighted by Gasteiger charge is 2.24. The van der Waals surface area contributed by atoms with Gasteiger partial charge in [0.2, 0.25) is 0 Å². The number of carbonyl (C=O) groups excluding carboxylic acids is 1. The third-order valence-corrected chi connectivity index (χ3v) is 2.97. The van der Waals surface area contributed by atoms with E-state index in [0.717, 1.165) is 0 Å². The lowest BCUT2D eigenvalue weighted by Gasteiger charge is -2.13. The van der Waals surface area contributed by atoms with Gasteiger partial charge in [-0.05, 0) is 28.1 Å². The van der Waals surface area contributed by atoms with Crippen LogP contribution < -0.4 is 11.1 Å². The molecule has 5 N–H and O–H groups in total. The molecular weight excluding hydrogens is 320 g/mol. The second kappa shape index (κ2) is 6.19. The number of halogens is 1. The molecule has 19 heavy (non-hydrogen) atoms. The molecule has 0 saturated heterocycles. The molecule has 1 unspecified atom stereocenters. The van der Waals surface area contributed by atoms with E-state index in [1.807, 2.05) is 0 Å². The normalized spacial score (nSPS) is 11.6. The van der Waals surface area contributed by atoms with E-state index in [1.54, 1.807) is 12.1 Å². The maximum atomic E-state index is 11.8. The highest BCUT2D eigenvalue weighted by atomic mass is 79.9. The summed E-state index contributed by atoms with van der Waals surface area (Å²) in [6, 6.07) is 3.08. The van der Waals surface area contributed by atoms with Crippen LogP contribution in [-0.2, 0) is 9.59 Å². The van der Waals surface area contributed by atoms with Crippen LogP contribution in [0.1, 0.15) is 16.8 Å². The van der Waals surface area contributed by atoms with Gasteiger partial charge in [-0.3, -0.25) is 9.59 Å². The average Bonchev–Trinajstić information content (AvgIpc) is 2.31. The molecule has 0 aliphatic carbocycles. The highest BCUT2D eigenvalue weighted by molar-refractivity contribution is 9.10. The summed E-state index contributed by atoms with van der Waals surface area (Å²) in [4.78, 5) is 33.2. The Morgan fingerprint density at radius 3 is 2.47 bits per heavy atom. The molecule has 1 amide bonds. The van der Waals surface area contributed by atoms with E-state index in [9.17, 15) is 14.4 Å². The van der Waals surface area contributed by atoms with Crippen LogP contribution in [0.5, 0.6) is 0 Å². The Labute approximate surface area is 116 Å². The summed E-state index contributed by atoms with van der Waals surface area (Å²) in [5, 5.41) is 19.5. The maximum Gasteiger partial charge on any atom is 0.326 e. The van der Waals surface area contributed by atoms with Crippen molar-refractivity contribution in [2.24, 2.45) is 0 Å². The number of hydrogen-bond acceptors (Lipinski definition) is 4. The Morgan fingerprint density at radius 2 is 1.95 bits per heavy atom. The maximum absolute atomic E-state index is 11.8. The van der Waals surface area contributed by atoms with Crippen LogP contribution in [0.3, 0.4) is 0 Å². The number of carboxylic acids is 2. The first kappa shape index (κ1) is 15.0. The summed E-state index contributed by atoms with van der Waals surface area (Å²) in [5.41, 5.74) is 5.89. The minimum Gasteiger partial charge on any atom is -0.481 e. The molecule has 0 fully saturated rings. The average molecular weight is 331 g/mol. The molecule has 0 aliphatic heterocycles. The first-order valence-electron chi connectivity index (χ1n) is 5.12. The largest absolute Gasteiger partial charge is 0.481 e. The van der Waals surface area contributed by atoms with Crippen LogP contribution in [0.4, 0.5) is 5.69 Å². The molecule has 0 heterocycles. The molecule has 1 rings (SSSR count). The lowest BCUT2D eigenvalue weighted by molar-refractivity contribution is -0.145. The molecule has 0 saturated carbocycles. The second-order valence-corrected chi connectivity index (χ2v) is 4.52. The van der Waals surface area contributed by atoms with E-state index in [4.69, 9.17) is 15.9 Å². The Morgan fingerprint density at radius 1 is 1.32 bits per heavy atom. The number of nitrogen functional groups attached to an aromatic ring is 1. The van der Waals surface area contributed by atoms with Gasteiger partial charge in [0.15, 0.2) is 0 Å². The number of anilines is 1. The molecule has 1 aromatic carbocycles. The van der Waals surface area contributed by atoms with Crippen molar-refractivity contribution in [3.63, 3.8) is 0 Å². The highest BCUT2D eigenvalue weighted by Crippen LogP contribution is 2.22. The van der Waals surface area contributed by atoms with Gasteiger partial charge in [0.25, 0.3) is 5.91 Å². The van der Waals surface area contributed by atoms with E-state index >= 15 is 0 Å². The van der Waals surface area contributed by atoms with Crippen molar-refractivity contribution >= 4 is 39.5 Å². The predicted octanol–water partition coefficient (Wildman–Crippen LogP) is 0.689. The second-order valence-electron chi connectivity index (χ2n) is 3.66. The smallest absolute Gasteiger partial charge is 0.326 e. The molecule has 102 valence electrons. The third kappa shape index (κ3) is 3.95. The van der Waals surface area contributed by atoms with Crippen molar-refractivity contribution in [3.05, 3.63) is 28.2 Å². The summed E-state index contributed by atoms with van der Waals surface area (Å²) in [6.45, 7) is 0. The zero-order valence-electron chi connectivity index (χ0n) is 9.59. The van der Waals surface area contributed by atoms with E-state index in [-0.39, 0.29) is 11.3 Å². The summed E-state index contributed by atoms with van der Waals surface area (Å²) in [6.07, 6.45) is -0.713. The van der Waals surface area contributed by atoms with Crippen LogP contribution in [-0.4, -0.2) is 34.1 Å². The molecule has 0 radical (unpaired) electrons. The Bertz CT molecular complexity index is 532. The number of benzene rings is 1. The van der Waals surface area contributed by atoms with Crippen molar-refractivity contribution in [1.29, 1.82) is 0 Å². The van der Waals surface area contributed by atoms with E-state index < -0.39 is 30.3 Å². The van der Waals surface area contributed by atoms with Gasteiger partial charge in [0, 0.05) is 4.47 Å². The van der Waals surface area contributed by atoms with Gasteiger partial charge in [-0.1, -0.05) is 6.07 Å². The minimum absolute atomic E-state index is 0.0750. The number of carbonyl (C=O) groups is 3. The van der Waals surface area contributed by atoms with Crippen molar-refractivity contribution in [2.75, 3.05) is 5.73 Å². The number of hydrogen-bond donors (Lipinski definition) is 4. The fourth-order valence-corrected chi connectivity index (χ4v) is 1.71. The summed E-state index contributed by atoms with van der Waals surface area (Å²) in [5.74, 6) is -3.49. The monoisotopic (exact) mass is 330 g/mol. The van der Waals surface area contributed by atoms with Gasteiger partial charge in [0.05, 0.1) is 17.7 Å². The lowest BCUT2D eigenvalue weighted by atomic mass is 10.1. The fourth-order valence-electron chi connectivity index (χ4n) is 1.35. The van der Waals surface area contributed by atoms with Crippen LogP contribution in [0.2, 0.25) is 0 Å². The first-order valence-corrected chi connectivity index (χ1v) is 5.91. The van der Waals surface area contributed by atoms with E-state index in [0.29, 0.717) is 4.47 Å². The van der Waals surface area contributed by atoms with Crippen LogP contribution in [0.25, 0.3) is 0 Å². The molecule has 7 nitrogen and oxygen atoms in total. The number of para-hydroxylation sites is 1. The molecule has 8 heteroatoms. The zero-order chi connectivity index (χ0) is 14.6. The summed E-state index contributed by atoms with van der Waals surface area (Å²) >= 11 is 3.13. The standard InChI is InChI=1S/C11H11BrN2O5/c12-6-3-1-2-5(9(6)13)10(17)14-7(11(18)19)4-8(15)16/h1-3,7H,4,13H2,(H,14,17)(H,15,16)(H,18,19).